The lowest BCUT2D eigenvalue weighted by molar-refractivity contribution is 0.678. The standard InChI is InChI=1S/C8H12N2/c9-6-3-5-8-4-1-2-7-10-8/h3-4,9-10H,1-2,5,7H2. The van der Waals surface area contributed by atoms with Crippen molar-refractivity contribution in [3.63, 3.8) is 0 Å². The normalized spacial score (nSPS) is 16.6. The summed E-state index contributed by atoms with van der Waals surface area (Å²) in [7, 11) is 0. The summed E-state index contributed by atoms with van der Waals surface area (Å²) in [6, 6.07) is 0. The monoisotopic (exact) mass is 136 g/mol. The maximum Gasteiger partial charge on any atom is 0.0146 e. The number of rotatable bonds is 2. The Bertz CT molecular complexity index is 176. The lowest BCUT2D eigenvalue weighted by atomic mass is 10.1. The molecular weight excluding hydrogens is 124 g/mol. The van der Waals surface area contributed by atoms with Crippen molar-refractivity contribution in [1.29, 1.82) is 5.41 Å². The van der Waals surface area contributed by atoms with Crippen LogP contribution in [0.2, 0.25) is 0 Å². The number of allylic oxidation sites excluding steroid dienone is 2. The maximum absolute atomic E-state index is 6.66. The van der Waals surface area contributed by atoms with E-state index in [0.29, 0.717) is 0 Å². The summed E-state index contributed by atoms with van der Waals surface area (Å²) in [6.45, 7) is 1.08. The van der Waals surface area contributed by atoms with Crippen LogP contribution in [0, 0.1) is 5.41 Å². The highest BCUT2D eigenvalue weighted by Gasteiger charge is 1.98. The van der Waals surface area contributed by atoms with Gasteiger partial charge in [-0.05, 0) is 24.8 Å². The fraction of sp³-hybridized carbons (Fsp3) is 0.500. The molecule has 0 aromatic rings. The van der Waals surface area contributed by atoms with Gasteiger partial charge in [-0.25, -0.2) is 0 Å². The third-order valence-electron chi connectivity index (χ3n) is 1.55. The van der Waals surface area contributed by atoms with Gasteiger partial charge in [-0.1, -0.05) is 6.08 Å². The van der Waals surface area contributed by atoms with E-state index in [0.717, 1.165) is 13.0 Å². The summed E-state index contributed by atoms with van der Waals surface area (Å²) in [5, 5.41) is 9.92. The van der Waals surface area contributed by atoms with E-state index in [1.54, 1.807) is 6.08 Å². The molecule has 1 aliphatic rings. The Morgan fingerprint density at radius 1 is 1.80 bits per heavy atom. The average molecular weight is 136 g/mol. The highest BCUT2D eigenvalue weighted by molar-refractivity contribution is 5.48. The summed E-state index contributed by atoms with van der Waals surface area (Å²) in [4.78, 5) is 0. The summed E-state index contributed by atoms with van der Waals surface area (Å²) in [5.74, 6) is 2.26. The van der Waals surface area contributed by atoms with Crippen molar-refractivity contribution in [1.82, 2.24) is 5.32 Å². The zero-order valence-electron chi connectivity index (χ0n) is 5.98. The zero-order chi connectivity index (χ0) is 7.23. The highest BCUT2D eigenvalue weighted by atomic mass is 14.9. The molecular formula is C8H12N2. The quantitative estimate of drug-likeness (QED) is 0.554. The summed E-state index contributed by atoms with van der Waals surface area (Å²) < 4.78 is 0. The Kier molecular flexibility index (Phi) is 2.78. The average Bonchev–Trinajstić information content (AvgIpc) is 2.03. The smallest absolute Gasteiger partial charge is 0.0146 e. The molecule has 0 saturated heterocycles. The first-order valence-electron chi connectivity index (χ1n) is 3.60. The van der Waals surface area contributed by atoms with Crippen LogP contribution in [0.3, 0.4) is 0 Å². The van der Waals surface area contributed by atoms with Gasteiger partial charge in [0, 0.05) is 18.7 Å². The molecule has 54 valence electrons. The molecule has 0 amide bonds. The summed E-state index contributed by atoms with van der Waals surface area (Å²) in [5.41, 5.74) is 1.24. The molecule has 0 atom stereocenters. The molecule has 2 heteroatoms. The first kappa shape index (κ1) is 7.10. The predicted molar refractivity (Wildman–Crippen MR) is 42.2 cm³/mol. The molecule has 0 bridgehead atoms. The van der Waals surface area contributed by atoms with Crippen molar-refractivity contribution >= 4 is 5.87 Å². The van der Waals surface area contributed by atoms with E-state index in [2.05, 4.69) is 17.3 Å². The molecule has 0 fully saturated rings. The summed E-state index contributed by atoms with van der Waals surface area (Å²) >= 11 is 0. The molecule has 1 rings (SSSR count). The Balaban J connectivity index is 2.38. The molecule has 1 heterocycles. The van der Waals surface area contributed by atoms with E-state index in [-0.39, 0.29) is 0 Å². The van der Waals surface area contributed by atoms with Crippen LogP contribution in [0.5, 0.6) is 0 Å². The lowest BCUT2D eigenvalue weighted by Gasteiger charge is -2.12. The van der Waals surface area contributed by atoms with Crippen LogP contribution in [0.4, 0.5) is 0 Å². The molecule has 2 nitrogen and oxygen atoms in total. The van der Waals surface area contributed by atoms with Gasteiger partial charge < -0.3 is 5.32 Å². The molecule has 0 aliphatic carbocycles. The van der Waals surface area contributed by atoms with Gasteiger partial charge in [0.25, 0.3) is 0 Å². The van der Waals surface area contributed by atoms with Gasteiger partial charge in [0.05, 0.1) is 0 Å². The highest BCUT2D eigenvalue weighted by Crippen LogP contribution is 2.05. The van der Waals surface area contributed by atoms with Crippen LogP contribution >= 0.6 is 0 Å². The third-order valence-corrected chi connectivity index (χ3v) is 1.55. The van der Waals surface area contributed by atoms with Gasteiger partial charge in [0.15, 0.2) is 0 Å². The second-order valence-corrected chi connectivity index (χ2v) is 2.35. The Labute approximate surface area is 61.1 Å². The van der Waals surface area contributed by atoms with Crippen molar-refractivity contribution in [2.24, 2.45) is 0 Å². The van der Waals surface area contributed by atoms with Crippen molar-refractivity contribution in [3.05, 3.63) is 17.8 Å². The third kappa shape index (κ3) is 2.08. The second-order valence-electron chi connectivity index (χ2n) is 2.35. The van der Waals surface area contributed by atoms with Gasteiger partial charge in [-0.3, -0.25) is 5.41 Å². The Morgan fingerprint density at radius 2 is 2.70 bits per heavy atom. The van der Waals surface area contributed by atoms with E-state index < -0.39 is 0 Å². The first-order valence-corrected chi connectivity index (χ1v) is 3.60. The topological polar surface area (TPSA) is 35.9 Å². The van der Waals surface area contributed by atoms with E-state index in [1.807, 2.05) is 0 Å². The van der Waals surface area contributed by atoms with Crippen LogP contribution in [0.25, 0.3) is 0 Å². The fourth-order valence-electron chi connectivity index (χ4n) is 1.02. The van der Waals surface area contributed by atoms with Crippen molar-refractivity contribution in [2.45, 2.75) is 19.3 Å². The number of nitrogens with one attached hydrogen (secondary N) is 2. The zero-order valence-corrected chi connectivity index (χ0v) is 5.98. The van der Waals surface area contributed by atoms with Crippen LogP contribution in [-0.2, 0) is 0 Å². The predicted octanol–water partition coefficient (Wildman–Crippen LogP) is 1.45. The molecule has 0 unspecified atom stereocenters. The van der Waals surface area contributed by atoms with Crippen LogP contribution in [0.15, 0.2) is 17.8 Å². The lowest BCUT2D eigenvalue weighted by Crippen LogP contribution is -2.17. The van der Waals surface area contributed by atoms with E-state index in [9.17, 15) is 0 Å². The molecule has 0 radical (unpaired) electrons. The maximum atomic E-state index is 6.66. The SMILES string of the molecule is N=C=CCC1=CCCCN1. The van der Waals surface area contributed by atoms with E-state index in [4.69, 9.17) is 5.41 Å². The molecule has 0 saturated carbocycles. The van der Waals surface area contributed by atoms with Gasteiger partial charge in [-0.15, -0.1) is 0 Å². The van der Waals surface area contributed by atoms with Gasteiger partial charge >= 0.3 is 0 Å². The van der Waals surface area contributed by atoms with Crippen LogP contribution < -0.4 is 5.32 Å². The van der Waals surface area contributed by atoms with E-state index >= 15 is 0 Å². The van der Waals surface area contributed by atoms with Crippen molar-refractivity contribution in [3.8, 4) is 0 Å². The fourth-order valence-corrected chi connectivity index (χ4v) is 1.02. The van der Waals surface area contributed by atoms with E-state index in [1.165, 1.54) is 18.5 Å². The van der Waals surface area contributed by atoms with Crippen molar-refractivity contribution < 1.29 is 0 Å². The molecule has 0 aromatic heterocycles. The molecule has 10 heavy (non-hydrogen) atoms. The largest absolute Gasteiger partial charge is 0.388 e. The minimum absolute atomic E-state index is 0.837. The molecule has 0 spiro atoms. The minimum atomic E-state index is 0.837. The second kappa shape index (κ2) is 3.91. The van der Waals surface area contributed by atoms with Gasteiger partial charge in [0.2, 0.25) is 0 Å². The molecule has 0 aromatic carbocycles. The molecule has 1 aliphatic heterocycles. The first-order chi connectivity index (χ1) is 4.93. The number of hydrogen-bond donors (Lipinski definition) is 2. The van der Waals surface area contributed by atoms with Crippen LogP contribution in [-0.4, -0.2) is 12.4 Å². The Hall–Kier alpha value is -1.01. The molecule has 2 N–H and O–H groups in total. The Morgan fingerprint density at radius 3 is 3.30 bits per heavy atom. The van der Waals surface area contributed by atoms with Gasteiger partial charge in [-0.2, -0.15) is 0 Å². The minimum Gasteiger partial charge on any atom is -0.388 e. The van der Waals surface area contributed by atoms with Gasteiger partial charge in [0.1, 0.15) is 0 Å². The summed E-state index contributed by atoms with van der Waals surface area (Å²) in [6.07, 6.45) is 7.16. The van der Waals surface area contributed by atoms with Crippen molar-refractivity contribution in [2.75, 3.05) is 6.54 Å². The number of hydrogen-bond acceptors (Lipinski definition) is 2. The van der Waals surface area contributed by atoms with Crippen LogP contribution in [0.1, 0.15) is 19.3 Å².